The molecule has 4 unspecified atom stereocenters. The van der Waals surface area contributed by atoms with Crippen LogP contribution < -0.4 is 5.32 Å². The van der Waals surface area contributed by atoms with Crippen molar-refractivity contribution in [3.05, 3.63) is 0 Å². The summed E-state index contributed by atoms with van der Waals surface area (Å²) in [7, 11) is 1.47. The van der Waals surface area contributed by atoms with Crippen LogP contribution in [0.1, 0.15) is 33.1 Å². The molecular formula is C13H22N2O2. The van der Waals surface area contributed by atoms with E-state index in [-0.39, 0.29) is 11.9 Å². The first-order chi connectivity index (χ1) is 8.17. The lowest BCUT2D eigenvalue weighted by Gasteiger charge is -2.32. The van der Waals surface area contributed by atoms with Crippen LogP contribution in [0.25, 0.3) is 0 Å². The molecule has 4 heteroatoms. The van der Waals surface area contributed by atoms with Crippen LogP contribution in [-0.4, -0.2) is 37.4 Å². The number of hydrogen-bond acceptors (Lipinski definition) is 4. The number of carbonyl (C=O) groups excluding carboxylic acids is 1. The minimum Gasteiger partial charge on any atom is -0.469 e. The molecule has 1 N–H and O–H groups in total. The van der Waals surface area contributed by atoms with Gasteiger partial charge < -0.3 is 10.1 Å². The highest BCUT2D eigenvalue weighted by molar-refractivity contribution is 5.89. The summed E-state index contributed by atoms with van der Waals surface area (Å²) in [4.78, 5) is 16.3. The third-order valence-electron chi connectivity index (χ3n) is 4.07. The number of esters is 1. The van der Waals surface area contributed by atoms with E-state index in [1.165, 1.54) is 12.8 Å². The molecule has 0 spiro atoms. The SMILES string of the molecule is CCNC1C(C)=NC2CC(C(=O)OC)CCC21. The molecule has 0 saturated heterocycles. The van der Waals surface area contributed by atoms with Gasteiger partial charge in [-0.2, -0.15) is 0 Å². The maximum Gasteiger partial charge on any atom is 0.308 e. The molecule has 96 valence electrons. The van der Waals surface area contributed by atoms with E-state index in [4.69, 9.17) is 9.73 Å². The monoisotopic (exact) mass is 238 g/mol. The quantitative estimate of drug-likeness (QED) is 0.756. The Morgan fingerprint density at radius 1 is 1.53 bits per heavy atom. The maximum atomic E-state index is 11.6. The van der Waals surface area contributed by atoms with Crippen LogP contribution in [-0.2, 0) is 9.53 Å². The standard InChI is InChI=1S/C13H22N2O2/c1-4-14-12-8(2)15-11-7-9(13(16)17-3)5-6-10(11)12/h9-12,14H,4-7H2,1-3H3. The number of rotatable bonds is 3. The molecule has 2 rings (SSSR count). The van der Waals surface area contributed by atoms with Crippen molar-refractivity contribution in [2.75, 3.05) is 13.7 Å². The van der Waals surface area contributed by atoms with E-state index in [1.54, 1.807) is 0 Å². The average molecular weight is 238 g/mol. The van der Waals surface area contributed by atoms with Gasteiger partial charge in [-0.25, -0.2) is 0 Å². The molecule has 0 aromatic heterocycles. The van der Waals surface area contributed by atoms with Crippen LogP contribution in [0.4, 0.5) is 0 Å². The van der Waals surface area contributed by atoms with Gasteiger partial charge in [-0.15, -0.1) is 0 Å². The lowest BCUT2D eigenvalue weighted by molar-refractivity contribution is -0.147. The van der Waals surface area contributed by atoms with E-state index >= 15 is 0 Å². The zero-order chi connectivity index (χ0) is 12.4. The third kappa shape index (κ3) is 2.37. The van der Waals surface area contributed by atoms with Gasteiger partial charge >= 0.3 is 5.97 Å². The van der Waals surface area contributed by atoms with Crippen molar-refractivity contribution in [2.24, 2.45) is 16.8 Å². The van der Waals surface area contributed by atoms with Crippen LogP contribution in [0.15, 0.2) is 4.99 Å². The predicted octanol–water partition coefficient (Wildman–Crippen LogP) is 1.40. The molecule has 1 heterocycles. The Kier molecular flexibility index (Phi) is 3.82. The normalized spacial score (nSPS) is 36.3. The third-order valence-corrected chi connectivity index (χ3v) is 4.07. The average Bonchev–Trinajstić information content (AvgIpc) is 2.64. The second kappa shape index (κ2) is 5.17. The van der Waals surface area contributed by atoms with Gasteiger partial charge in [-0.3, -0.25) is 9.79 Å². The predicted molar refractivity (Wildman–Crippen MR) is 67.2 cm³/mol. The van der Waals surface area contributed by atoms with Crippen molar-refractivity contribution in [2.45, 2.75) is 45.2 Å². The number of nitrogens with zero attached hydrogens (tertiary/aromatic N) is 1. The van der Waals surface area contributed by atoms with E-state index in [1.807, 2.05) is 0 Å². The molecule has 0 aromatic rings. The van der Waals surface area contributed by atoms with Gasteiger partial charge in [0, 0.05) is 17.7 Å². The van der Waals surface area contributed by atoms with Crippen LogP contribution in [0.3, 0.4) is 0 Å². The molecule has 0 bridgehead atoms. The first-order valence-electron chi connectivity index (χ1n) is 6.52. The lowest BCUT2D eigenvalue weighted by atomic mass is 9.76. The summed E-state index contributed by atoms with van der Waals surface area (Å²) in [6.45, 7) is 5.20. The molecule has 1 aliphatic heterocycles. The highest BCUT2D eigenvalue weighted by Crippen LogP contribution is 2.37. The minimum atomic E-state index is -0.0665. The van der Waals surface area contributed by atoms with Gasteiger partial charge in [0.15, 0.2) is 0 Å². The minimum absolute atomic E-state index is 0.0539. The van der Waals surface area contributed by atoms with E-state index in [2.05, 4.69) is 19.2 Å². The summed E-state index contributed by atoms with van der Waals surface area (Å²) in [6.07, 6.45) is 2.87. The first-order valence-corrected chi connectivity index (χ1v) is 6.52. The van der Waals surface area contributed by atoms with E-state index in [0.717, 1.165) is 25.8 Å². The lowest BCUT2D eigenvalue weighted by Crippen LogP contribution is -2.43. The number of hydrogen-bond donors (Lipinski definition) is 1. The van der Waals surface area contributed by atoms with Gasteiger partial charge in [0.25, 0.3) is 0 Å². The molecule has 0 radical (unpaired) electrons. The number of carbonyl (C=O) groups is 1. The Balaban J connectivity index is 2.02. The number of nitrogens with one attached hydrogen (secondary N) is 1. The molecule has 4 atom stereocenters. The van der Waals surface area contributed by atoms with Gasteiger partial charge in [0.05, 0.1) is 19.1 Å². The molecule has 4 nitrogen and oxygen atoms in total. The van der Waals surface area contributed by atoms with Gasteiger partial charge in [-0.05, 0) is 32.7 Å². The van der Waals surface area contributed by atoms with Gasteiger partial charge in [0.1, 0.15) is 0 Å². The number of ether oxygens (including phenoxy) is 1. The van der Waals surface area contributed by atoms with E-state index < -0.39 is 0 Å². The van der Waals surface area contributed by atoms with Gasteiger partial charge in [-0.1, -0.05) is 6.92 Å². The van der Waals surface area contributed by atoms with Crippen LogP contribution in [0.2, 0.25) is 0 Å². The van der Waals surface area contributed by atoms with Crippen molar-refractivity contribution in [3.8, 4) is 0 Å². The fraction of sp³-hybridized carbons (Fsp3) is 0.846. The molecule has 0 amide bonds. The second-order valence-corrected chi connectivity index (χ2v) is 5.07. The van der Waals surface area contributed by atoms with Crippen LogP contribution in [0.5, 0.6) is 0 Å². The largest absolute Gasteiger partial charge is 0.469 e. The van der Waals surface area contributed by atoms with Crippen LogP contribution >= 0.6 is 0 Å². The fourth-order valence-electron chi connectivity index (χ4n) is 3.26. The highest BCUT2D eigenvalue weighted by Gasteiger charge is 2.42. The second-order valence-electron chi connectivity index (χ2n) is 5.07. The van der Waals surface area contributed by atoms with Crippen LogP contribution in [0, 0.1) is 11.8 Å². The van der Waals surface area contributed by atoms with E-state index in [9.17, 15) is 4.79 Å². The zero-order valence-corrected chi connectivity index (χ0v) is 10.9. The smallest absolute Gasteiger partial charge is 0.308 e. The molecule has 17 heavy (non-hydrogen) atoms. The summed E-state index contributed by atoms with van der Waals surface area (Å²) >= 11 is 0. The fourth-order valence-corrected chi connectivity index (χ4v) is 3.26. The topological polar surface area (TPSA) is 50.7 Å². The first kappa shape index (κ1) is 12.6. The maximum absolute atomic E-state index is 11.6. The summed E-state index contributed by atoms with van der Waals surface area (Å²) in [5.74, 6) is 0.567. The summed E-state index contributed by atoms with van der Waals surface area (Å²) in [6, 6.07) is 0.737. The van der Waals surface area contributed by atoms with Crippen molar-refractivity contribution < 1.29 is 9.53 Å². The molecular weight excluding hydrogens is 216 g/mol. The number of aliphatic imine (C=N–C) groups is 1. The Morgan fingerprint density at radius 3 is 2.94 bits per heavy atom. The zero-order valence-electron chi connectivity index (χ0n) is 10.9. The molecule has 0 aromatic carbocycles. The van der Waals surface area contributed by atoms with Crippen molar-refractivity contribution >= 4 is 11.7 Å². The van der Waals surface area contributed by atoms with E-state index in [0.29, 0.717) is 18.0 Å². The van der Waals surface area contributed by atoms with Crippen molar-refractivity contribution in [3.63, 3.8) is 0 Å². The van der Waals surface area contributed by atoms with Crippen molar-refractivity contribution in [1.29, 1.82) is 0 Å². The Hall–Kier alpha value is -0.900. The molecule has 1 aliphatic carbocycles. The highest BCUT2D eigenvalue weighted by atomic mass is 16.5. The summed E-state index contributed by atoms with van der Waals surface area (Å²) in [5, 5.41) is 3.50. The molecule has 2 aliphatic rings. The summed E-state index contributed by atoms with van der Waals surface area (Å²) in [5.41, 5.74) is 1.20. The Labute approximate surface area is 103 Å². The Bertz CT molecular complexity index is 327. The number of methoxy groups -OCH3 is 1. The summed E-state index contributed by atoms with van der Waals surface area (Å²) < 4.78 is 4.84. The number of fused-ring (bicyclic) bond motifs is 1. The Morgan fingerprint density at radius 2 is 2.29 bits per heavy atom. The molecule has 1 saturated carbocycles. The van der Waals surface area contributed by atoms with Gasteiger partial charge in [0.2, 0.25) is 0 Å². The molecule has 1 fully saturated rings. The van der Waals surface area contributed by atoms with Crippen molar-refractivity contribution in [1.82, 2.24) is 5.32 Å².